The highest BCUT2D eigenvalue weighted by atomic mass is 35.5. The Labute approximate surface area is 92.0 Å². The van der Waals surface area contributed by atoms with Crippen LogP contribution in [0.15, 0.2) is 4.99 Å². The van der Waals surface area contributed by atoms with E-state index in [2.05, 4.69) is 16.8 Å². The van der Waals surface area contributed by atoms with E-state index in [4.69, 9.17) is 5.11 Å². The summed E-state index contributed by atoms with van der Waals surface area (Å²) in [6, 6.07) is 0.492. The molecule has 3 nitrogen and oxygen atoms in total. The third-order valence-electron chi connectivity index (χ3n) is 2.12. The van der Waals surface area contributed by atoms with Gasteiger partial charge in [-0.05, 0) is 12.8 Å². The van der Waals surface area contributed by atoms with E-state index < -0.39 is 0 Å². The second-order valence-electron chi connectivity index (χ2n) is 2.83. The molecule has 0 saturated heterocycles. The van der Waals surface area contributed by atoms with Crippen LogP contribution in [0.5, 0.6) is 0 Å². The Bertz CT molecular complexity index is 144. The first kappa shape index (κ1) is 15.5. The first-order valence-electron chi connectivity index (χ1n) is 4.25. The highest BCUT2D eigenvalue weighted by Gasteiger charge is 2.15. The maximum absolute atomic E-state index is 8.76. The van der Waals surface area contributed by atoms with Gasteiger partial charge >= 0.3 is 0 Å². The van der Waals surface area contributed by atoms with Crippen molar-refractivity contribution in [2.24, 2.45) is 4.99 Å². The average Bonchev–Trinajstić information content (AvgIpc) is 2.52. The number of aliphatic hydroxyl groups excluding tert-OH is 1. The molecule has 1 aliphatic heterocycles. The van der Waals surface area contributed by atoms with Crippen LogP contribution in [0.2, 0.25) is 0 Å². The van der Waals surface area contributed by atoms with Crippen molar-refractivity contribution in [3.05, 3.63) is 0 Å². The Balaban J connectivity index is 0. The Hall–Kier alpha value is 0.01000. The van der Waals surface area contributed by atoms with Gasteiger partial charge in [-0.3, -0.25) is 4.99 Å². The molecule has 1 aliphatic rings. The fourth-order valence-electron chi connectivity index (χ4n) is 1.42. The topological polar surface area (TPSA) is 35.8 Å². The van der Waals surface area contributed by atoms with Crippen molar-refractivity contribution < 1.29 is 5.11 Å². The summed E-state index contributed by atoms with van der Waals surface area (Å²) in [6.45, 7) is 4.37. The van der Waals surface area contributed by atoms with Crippen molar-refractivity contribution in [2.45, 2.75) is 25.8 Å². The van der Waals surface area contributed by atoms with Crippen LogP contribution < -0.4 is 0 Å². The number of aliphatic imine (C=N–C) groups is 1. The zero-order valence-electron chi connectivity index (χ0n) is 7.85. The molecule has 0 aliphatic carbocycles. The average molecular weight is 229 g/mol. The van der Waals surface area contributed by atoms with Crippen molar-refractivity contribution in [1.82, 2.24) is 4.90 Å². The molecule has 0 fully saturated rings. The Morgan fingerprint density at radius 1 is 1.54 bits per heavy atom. The van der Waals surface area contributed by atoms with Gasteiger partial charge in [-0.2, -0.15) is 0 Å². The largest absolute Gasteiger partial charge is 0.396 e. The molecular formula is C8H18Cl2N2O. The SMILES string of the molecule is CCC(CCO)N1C=NCC1.Cl.Cl. The van der Waals surface area contributed by atoms with Crippen molar-refractivity contribution in [3.63, 3.8) is 0 Å². The maximum Gasteiger partial charge on any atom is 0.0853 e. The maximum atomic E-state index is 8.76. The molecule has 1 atom stereocenters. The normalized spacial score (nSPS) is 16.3. The van der Waals surface area contributed by atoms with E-state index >= 15 is 0 Å². The van der Waals surface area contributed by atoms with E-state index in [1.807, 2.05) is 6.34 Å². The van der Waals surface area contributed by atoms with E-state index in [-0.39, 0.29) is 31.4 Å². The molecule has 1 unspecified atom stereocenters. The molecule has 0 radical (unpaired) electrons. The standard InChI is InChI=1S/C8H16N2O.2ClH/c1-2-8(3-6-11)10-5-4-9-7-10;;/h7-8,11H,2-6H2,1H3;2*1H. The quantitative estimate of drug-likeness (QED) is 0.789. The van der Waals surface area contributed by atoms with Gasteiger partial charge in [0.25, 0.3) is 0 Å². The van der Waals surface area contributed by atoms with Gasteiger partial charge in [0.2, 0.25) is 0 Å². The molecule has 1 heterocycles. The van der Waals surface area contributed by atoms with Gasteiger partial charge in [0.05, 0.1) is 12.9 Å². The lowest BCUT2D eigenvalue weighted by molar-refractivity contribution is 0.225. The molecule has 0 saturated carbocycles. The molecule has 0 spiro atoms. The summed E-state index contributed by atoms with van der Waals surface area (Å²) in [6.07, 6.45) is 3.86. The monoisotopic (exact) mass is 228 g/mol. The second-order valence-corrected chi connectivity index (χ2v) is 2.83. The molecule has 0 aromatic heterocycles. The number of hydrogen-bond acceptors (Lipinski definition) is 3. The number of rotatable bonds is 4. The smallest absolute Gasteiger partial charge is 0.0853 e. The van der Waals surface area contributed by atoms with Gasteiger partial charge in [-0.1, -0.05) is 6.92 Å². The number of hydrogen-bond donors (Lipinski definition) is 1. The van der Waals surface area contributed by atoms with Crippen molar-refractivity contribution in [3.8, 4) is 0 Å². The number of aliphatic hydroxyl groups is 1. The third kappa shape index (κ3) is 4.69. The minimum Gasteiger partial charge on any atom is -0.396 e. The van der Waals surface area contributed by atoms with Crippen LogP contribution in [-0.2, 0) is 0 Å². The molecule has 13 heavy (non-hydrogen) atoms. The second kappa shape index (κ2) is 8.60. The zero-order chi connectivity index (χ0) is 8.10. The minimum atomic E-state index is 0. The summed E-state index contributed by atoms with van der Waals surface area (Å²) >= 11 is 0. The number of nitrogens with zero attached hydrogens (tertiary/aromatic N) is 2. The Morgan fingerprint density at radius 3 is 2.62 bits per heavy atom. The van der Waals surface area contributed by atoms with Gasteiger partial charge in [0, 0.05) is 19.2 Å². The van der Waals surface area contributed by atoms with E-state index in [0.717, 1.165) is 25.9 Å². The lowest BCUT2D eigenvalue weighted by Crippen LogP contribution is -2.32. The summed E-state index contributed by atoms with van der Waals surface area (Å²) in [5.74, 6) is 0. The number of halogens is 2. The van der Waals surface area contributed by atoms with Crippen LogP contribution in [0, 0.1) is 0 Å². The van der Waals surface area contributed by atoms with Crippen LogP contribution >= 0.6 is 24.8 Å². The Kier molecular flexibility index (Phi) is 10.2. The van der Waals surface area contributed by atoms with Gasteiger partial charge in [-0.25, -0.2) is 0 Å². The molecule has 80 valence electrons. The highest BCUT2D eigenvalue weighted by Crippen LogP contribution is 2.08. The summed E-state index contributed by atoms with van der Waals surface area (Å²) in [4.78, 5) is 6.35. The molecule has 1 rings (SSSR count). The molecule has 5 heteroatoms. The van der Waals surface area contributed by atoms with Gasteiger partial charge < -0.3 is 10.0 Å². The van der Waals surface area contributed by atoms with Crippen LogP contribution in [0.1, 0.15) is 19.8 Å². The summed E-state index contributed by atoms with van der Waals surface area (Å²) in [5, 5.41) is 8.76. The Morgan fingerprint density at radius 2 is 2.23 bits per heavy atom. The van der Waals surface area contributed by atoms with E-state index in [1.54, 1.807) is 0 Å². The fourth-order valence-corrected chi connectivity index (χ4v) is 1.42. The van der Waals surface area contributed by atoms with E-state index in [0.29, 0.717) is 6.04 Å². The minimum absolute atomic E-state index is 0. The summed E-state index contributed by atoms with van der Waals surface area (Å²) in [7, 11) is 0. The first-order valence-corrected chi connectivity index (χ1v) is 4.25. The molecule has 0 aromatic rings. The first-order chi connectivity index (χ1) is 5.38. The fraction of sp³-hybridized carbons (Fsp3) is 0.875. The molecule has 0 aromatic carbocycles. The van der Waals surface area contributed by atoms with Crippen molar-refractivity contribution in [1.29, 1.82) is 0 Å². The molecule has 0 bridgehead atoms. The lowest BCUT2D eigenvalue weighted by Gasteiger charge is -2.24. The highest BCUT2D eigenvalue weighted by molar-refractivity contribution is 5.85. The van der Waals surface area contributed by atoms with Gasteiger partial charge in [-0.15, -0.1) is 24.8 Å². The van der Waals surface area contributed by atoms with Crippen molar-refractivity contribution in [2.75, 3.05) is 19.7 Å². The predicted molar refractivity (Wildman–Crippen MR) is 60.3 cm³/mol. The molecular weight excluding hydrogens is 211 g/mol. The van der Waals surface area contributed by atoms with Crippen LogP contribution in [0.4, 0.5) is 0 Å². The van der Waals surface area contributed by atoms with Gasteiger partial charge in [0.15, 0.2) is 0 Å². The zero-order valence-corrected chi connectivity index (χ0v) is 9.48. The van der Waals surface area contributed by atoms with E-state index in [1.165, 1.54) is 0 Å². The van der Waals surface area contributed by atoms with Crippen LogP contribution in [0.3, 0.4) is 0 Å². The van der Waals surface area contributed by atoms with Crippen molar-refractivity contribution >= 4 is 31.2 Å². The third-order valence-corrected chi connectivity index (χ3v) is 2.12. The van der Waals surface area contributed by atoms with Gasteiger partial charge in [0.1, 0.15) is 0 Å². The summed E-state index contributed by atoms with van der Waals surface area (Å²) in [5.41, 5.74) is 0. The van der Waals surface area contributed by atoms with Crippen LogP contribution in [0.25, 0.3) is 0 Å². The lowest BCUT2D eigenvalue weighted by atomic mass is 10.1. The predicted octanol–water partition coefficient (Wildman–Crippen LogP) is 1.33. The van der Waals surface area contributed by atoms with E-state index in [9.17, 15) is 0 Å². The molecule has 1 N–H and O–H groups in total. The summed E-state index contributed by atoms with van der Waals surface area (Å²) < 4.78 is 0. The molecule has 0 amide bonds. The van der Waals surface area contributed by atoms with Crippen LogP contribution in [-0.4, -0.2) is 42.1 Å².